The van der Waals surface area contributed by atoms with Gasteiger partial charge in [-0.1, -0.05) is 61.9 Å². The van der Waals surface area contributed by atoms with Crippen LogP contribution >= 0.6 is 11.8 Å². The summed E-state index contributed by atoms with van der Waals surface area (Å²) in [5.74, 6) is 0.755. The molecular formula is C27H32N2O4S. The molecule has 1 amide bonds. The average molecular weight is 481 g/mol. The van der Waals surface area contributed by atoms with Crippen molar-refractivity contribution < 1.29 is 19.1 Å². The summed E-state index contributed by atoms with van der Waals surface area (Å²) in [7, 11) is 0. The first-order chi connectivity index (χ1) is 16.5. The number of hydrogen-bond donors (Lipinski definition) is 1. The maximum absolute atomic E-state index is 13.6. The van der Waals surface area contributed by atoms with E-state index in [1.807, 2.05) is 48.5 Å². The quantitative estimate of drug-likeness (QED) is 0.396. The molecule has 2 fully saturated rings. The van der Waals surface area contributed by atoms with E-state index in [1.54, 1.807) is 30.8 Å². The highest BCUT2D eigenvalue weighted by Gasteiger charge is 2.42. The number of carbonyl (C=O) groups is 2. The Kier molecular flexibility index (Phi) is 8.16. The highest BCUT2D eigenvalue weighted by Crippen LogP contribution is 2.42. The van der Waals surface area contributed by atoms with E-state index >= 15 is 0 Å². The first-order valence-electron chi connectivity index (χ1n) is 12.0. The van der Waals surface area contributed by atoms with Crippen LogP contribution in [-0.2, 0) is 14.3 Å². The zero-order valence-electron chi connectivity index (χ0n) is 19.7. The molecule has 180 valence electrons. The number of amides is 1. The molecule has 34 heavy (non-hydrogen) atoms. The van der Waals surface area contributed by atoms with E-state index in [2.05, 4.69) is 17.1 Å². The van der Waals surface area contributed by atoms with E-state index < -0.39 is 5.97 Å². The molecule has 4 rings (SSSR count). The Balaban J connectivity index is 1.51. The van der Waals surface area contributed by atoms with Gasteiger partial charge in [0.05, 0.1) is 11.5 Å². The van der Waals surface area contributed by atoms with Gasteiger partial charge in [0.1, 0.15) is 5.75 Å². The minimum atomic E-state index is -0.393. The number of nitrogens with zero attached hydrogens (tertiary/aromatic N) is 1. The number of benzene rings is 2. The molecular weight excluding hydrogens is 448 g/mol. The van der Waals surface area contributed by atoms with Gasteiger partial charge in [-0.3, -0.25) is 4.79 Å². The van der Waals surface area contributed by atoms with E-state index in [9.17, 15) is 9.59 Å². The number of nitrogens with one attached hydrogen (secondary N) is 1. The van der Waals surface area contributed by atoms with Crippen LogP contribution in [0.2, 0.25) is 0 Å². The number of thioether (sulfide) groups is 1. The predicted octanol–water partition coefficient (Wildman–Crippen LogP) is 5.52. The van der Waals surface area contributed by atoms with Crippen molar-refractivity contribution in [3.63, 3.8) is 0 Å². The second kappa shape index (κ2) is 11.5. The van der Waals surface area contributed by atoms with Crippen LogP contribution in [0.4, 0.5) is 5.69 Å². The fraction of sp³-hybridized carbons (Fsp3) is 0.407. The normalized spacial score (nSPS) is 23.7. The van der Waals surface area contributed by atoms with Crippen LogP contribution in [0.5, 0.6) is 5.75 Å². The van der Waals surface area contributed by atoms with Crippen molar-refractivity contribution in [2.75, 3.05) is 18.5 Å². The van der Waals surface area contributed by atoms with Crippen LogP contribution in [0.15, 0.2) is 59.5 Å². The Morgan fingerprint density at radius 3 is 2.56 bits per heavy atom. The first-order valence-corrected chi connectivity index (χ1v) is 12.8. The fourth-order valence-electron chi connectivity index (χ4n) is 4.52. The van der Waals surface area contributed by atoms with Crippen molar-refractivity contribution in [3.8, 4) is 5.75 Å². The molecule has 7 heteroatoms. The van der Waals surface area contributed by atoms with Crippen molar-refractivity contribution in [1.82, 2.24) is 4.90 Å². The molecule has 1 unspecified atom stereocenters. The van der Waals surface area contributed by atoms with Crippen LogP contribution in [0, 0.1) is 5.92 Å². The van der Waals surface area contributed by atoms with E-state index in [0.29, 0.717) is 18.3 Å². The highest BCUT2D eigenvalue weighted by molar-refractivity contribution is 8.05. The molecule has 0 radical (unpaired) electrons. The van der Waals surface area contributed by atoms with Gasteiger partial charge < -0.3 is 19.7 Å². The van der Waals surface area contributed by atoms with Crippen molar-refractivity contribution in [2.24, 2.45) is 5.92 Å². The van der Waals surface area contributed by atoms with Crippen LogP contribution in [0.25, 0.3) is 6.08 Å². The molecule has 1 aliphatic heterocycles. The zero-order valence-corrected chi connectivity index (χ0v) is 20.6. The first kappa shape index (κ1) is 24.2. The van der Waals surface area contributed by atoms with Gasteiger partial charge in [-0.25, -0.2) is 4.79 Å². The van der Waals surface area contributed by atoms with Crippen LogP contribution in [-0.4, -0.2) is 41.5 Å². The highest BCUT2D eigenvalue weighted by atomic mass is 32.2. The van der Waals surface area contributed by atoms with Gasteiger partial charge in [0, 0.05) is 11.7 Å². The van der Waals surface area contributed by atoms with Gasteiger partial charge in [0.2, 0.25) is 0 Å². The number of carbonyl (C=O) groups excluding carboxylic acids is 2. The summed E-state index contributed by atoms with van der Waals surface area (Å²) < 4.78 is 10.4. The third-order valence-corrected chi connectivity index (χ3v) is 7.38. The molecule has 1 aliphatic carbocycles. The largest absolute Gasteiger partial charge is 0.482 e. The number of ether oxygens (including phenoxy) is 2. The molecule has 0 bridgehead atoms. The molecule has 2 aromatic carbocycles. The Morgan fingerprint density at radius 1 is 1.12 bits per heavy atom. The second-order valence-corrected chi connectivity index (χ2v) is 9.82. The summed E-state index contributed by atoms with van der Waals surface area (Å²) in [6, 6.07) is 17.7. The van der Waals surface area contributed by atoms with Crippen LogP contribution in [0.1, 0.15) is 45.1 Å². The summed E-state index contributed by atoms with van der Waals surface area (Å²) in [5, 5.41) is 3.57. The lowest BCUT2D eigenvalue weighted by molar-refractivity contribution is -0.145. The van der Waals surface area contributed by atoms with E-state index in [1.165, 1.54) is 6.42 Å². The topological polar surface area (TPSA) is 67.9 Å². The third-order valence-electron chi connectivity index (χ3n) is 6.26. The number of para-hydroxylation sites is 1. The zero-order chi connectivity index (χ0) is 23.9. The molecule has 2 aliphatic rings. The fourth-order valence-corrected chi connectivity index (χ4v) is 5.74. The van der Waals surface area contributed by atoms with Crippen LogP contribution < -0.4 is 10.1 Å². The molecule has 1 N–H and O–H groups in total. The number of rotatable bonds is 8. The summed E-state index contributed by atoms with van der Waals surface area (Å²) >= 11 is 1.57. The SMILES string of the molecule is CCOC(=O)COc1ccc(/C=C2\SC(Nc3ccccc3)N([C@@H]3CCCC[C@H]3C)C2=O)cc1. The summed E-state index contributed by atoms with van der Waals surface area (Å²) in [4.78, 5) is 27.9. The van der Waals surface area contributed by atoms with Crippen molar-refractivity contribution in [1.29, 1.82) is 0 Å². The molecule has 0 aromatic heterocycles. The molecule has 6 nitrogen and oxygen atoms in total. The Hall–Kier alpha value is -2.93. The van der Waals surface area contributed by atoms with Gasteiger partial charge in [-0.2, -0.15) is 0 Å². The van der Waals surface area contributed by atoms with Gasteiger partial charge in [-0.05, 0) is 61.6 Å². The monoisotopic (exact) mass is 480 g/mol. The number of anilines is 1. The van der Waals surface area contributed by atoms with Crippen molar-refractivity contribution >= 4 is 35.4 Å². The minimum Gasteiger partial charge on any atom is -0.482 e. The van der Waals surface area contributed by atoms with Gasteiger partial charge >= 0.3 is 5.97 Å². The molecule has 2 aromatic rings. The molecule has 1 saturated heterocycles. The molecule has 1 heterocycles. The minimum absolute atomic E-state index is 0.0832. The average Bonchev–Trinajstić information content (AvgIpc) is 3.14. The van der Waals surface area contributed by atoms with Gasteiger partial charge in [0.15, 0.2) is 12.1 Å². The van der Waals surface area contributed by atoms with Gasteiger partial charge in [0.25, 0.3) is 5.91 Å². The smallest absolute Gasteiger partial charge is 0.344 e. The summed E-state index contributed by atoms with van der Waals surface area (Å²) in [5.41, 5.74) is 1.78. The number of esters is 1. The summed E-state index contributed by atoms with van der Waals surface area (Å²) in [6.45, 7) is 4.23. The van der Waals surface area contributed by atoms with Gasteiger partial charge in [-0.15, -0.1) is 0 Å². The van der Waals surface area contributed by atoms with E-state index in [0.717, 1.165) is 35.4 Å². The van der Waals surface area contributed by atoms with Crippen molar-refractivity contribution in [3.05, 3.63) is 65.1 Å². The third kappa shape index (κ3) is 5.95. The van der Waals surface area contributed by atoms with Crippen LogP contribution in [0.3, 0.4) is 0 Å². The Morgan fingerprint density at radius 2 is 1.85 bits per heavy atom. The molecule has 3 atom stereocenters. The lowest BCUT2D eigenvalue weighted by atomic mass is 9.85. The second-order valence-electron chi connectivity index (χ2n) is 8.69. The Labute approximate surface area is 205 Å². The lowest BCUT2D eigenvalue weighted by Crippen LogP contribution is -2.48. The summed E-state index contributed by atoms with van der Waals surface area (Å²) in [6.07, 6.45) is 6.53. The molecule has 1 saturated carbocycles. The van der Waals surface area contributed by atoms with E-state index in [-0.39, 0.29) is 24.1 Å². The maximum Gasteiger partial charge on any atom is 0.344 e. The maximum atomic E-state index is 13.6. The standard InChI is InChI=1S/C27H32N2O4S/c1-3-32-25(30)18-33-22-15-13-20(14-16-22)17-24-26(31)29(23-12-8-7-9-19(23)2)27(34-24)28-21-10-5-4-6-11-21/h4-6,10-11,13-17,19,23,27-28H,3,7-9,12,18H2,1-2H3/b24-17-/t19-,23-,27?/m1/s1. The Bertz CT molecular complexity index is 1010. The van der Waals surface area contributed by atoms with Crippen molar-refractivity contribution in [2.45, 2.75) is 51.1 Å². The number of hydrogen-bond acceptors (Lipinski definition) is 6. The van der Waals surface area contributed by atoms with E-state index in [4.69, 9.17) is 9.47 Å². The molecule has 0 spiro atoms. The predicted molar refractivity (Wildman–Crippen MR) is 136 cm³/mol. The lowest BCUT2D eigenvalue weighted by Gasteiger charge is -2.39.